The number of rotatable bonds is 10. The van der Waals surface area contributed by atoms with E-state index in [0.29, 0.717) is 18.3 Å². The molecule has 7 heteroatoms. The molecule has 0 radical (unpaired) electrons. The normalized spacial score (nSPS) is 15.8. The molecule has 136 valence electrons. The van der Waals surface area contributed by atoms with Gasteiger partial charge in [-0.15, -0.1) is 5.10 Å². The summed E-state index contributed by atoms with van der Waals surface area (Å²) in [6.07, 6.45) is 7.17. The lowest BCUT2D eigenvalue weighted by molar-refractivity contribution is 0.0946. The average molecular weight is 336 g/mol. The first-order valence-corrected chi connectivity index (χ1v) is 9.37. The van der Waals surface area contributed by atoms with Crippen LogP contribution in [0, 0.1) is 0 Å². The van der Waals surface area contributed by atoms with Gasteiger partial charge in [0.05, 0.1) is 12.2 Å². The van der Waals surface area contributed by atoms with Crippen LogP contribution in [0.5, 0.6) is 0 Å². The standard InChI is InChI=1S/C17H32N6O/c1-3-11-22(12-4-2)13-5-8-19-17(24)16-14-23(21-20-16)15-6-9-18-10-7-15/h14-15,18H,3-13H2,1-2H3,(H,19,24). The third kappa shape index (κ3) is 5.87. The second-order valence-electron chi connectivity index (χ2n) is 6.52. The maximum atomic E-state index is 12.2. The molecule has 0 bridgehead atoms. The molecule has 1 amide bonds. The average Bonchev–Trinajstić information content (AvgIpc) is 3.10. The van der Waals surface area contributed by atoms with Gasteiger partial charge < -0.3 is 15.5 Å². The van der Waals surface area contributed by atoms with Gasteiger partial charge in [-0.05, 0) is 64.8 Å². The van der Waals surface area contributed by atoms with Crippen LogP contribution in [0.15, 0.2) is 6.20 Å². The smallest absolute Gasteiger partial charge is 0.273 e. The quantitative estimate of drug-likeness (QED) is 0.633. The van der Waals surface area contributed by atoms with Crippen LogP contribution in [0.25, 0.3) is 0 Å². The maximum Gasteiger partial charge on any atom is 0.273 e. The van der Waals surface area contributed by atoms with Crippen LogP contribution < -0.4 is 10.6 Å². The molecule has 0 saturated carbocycles. The molecule has 1 aliphatic rings. The molecule has 2 N–H and O–H groups in total. The summed E-state index contributed by atoms with van der Waals surface area (Å²) >= 11 is 0. The van der Waals surface area contributed by atoms with Crippen LogP contribution in [0.3, 0.4) is 0 Å². The Morgan fingerprint density at radius 3 is 2.67 bits per heavy atom. The fourth-order valence-corrected chi connectivity index (χ4v) is 3.19. The van der Waals surface area contributed by atoms with E-state index in [1.165, 1.54) is 12.8 Å². The van der Waals surface area contributed by atoms with Crippen molar-refractivity contribution in [1.82, 2.24) is 30.5 Å². The summed E-state index contributed by atoms with van der Waals surface area (Å²) in [6.45, 7) is 10.4. The van der Waals surface area contributed by atoms with E-state index in [0.717, 1.165) is 52.0 Å². The van der Waals surface area contributed by atoms with Crippen LogP contribution in [-0.4, -0.2) is 65.1 Å². The zero-order valence-electron chi connectivity index (χ0n) is 15.1. The van der Waals surface area contributed by atoms with E-state index in [9.17, 15) is 4.79 Å². The Kier molecular flexibility index (Phi) is 8.18. The van der Waals surface area contributed by atoms with Crippen molar-refractivity contribution in [2.24, 2.45) is 0 Å². The van der Waals surface area contributed by atoms with E-state index < -0.39 is 0 Å². The molecular weight excluding hydrogens is 304 g/mol. The number of carbonyl (C=O) groups is 1. The summed E-state index contributed by atoms with van der Waals surface area (Å²) in [5, 5.41) is 14.5. The molecule has 0 aliphatic carbocycles. The van der Waals surface area contributed by atoms with Crippen molar-refractivity contribution in [3.8, 4) is 0 Å². The van der Waals surface area contributed by atoms with Crippen LogP contribution in [-0.2, 0) is 0 Å². The number of hydrogen-bond donors (Lipinski definition) is 2. The van der Waals surface area contributed by atoms with Gasteiger partial charge in [0.25, 0.3) is 5.91 Å². The van der Waals surface area contributed by atoms with E-state index >= 15 is 0 Å². The van der Waals surface area contributed by atoms with Crippen molar-refractivity contribution in [1.29, 1.82) is 0 Å². The highest BCUT2D eigenvalue weighted by molar-refractivity contribution is 5.91. The lowest BCUT2D eigenvalue weighted by Crippen LogP contribution is -2.31. The molecule has 0 unspecified atom stereocenters. The number of nitrogens with zero attached hydrogens (tertiary/aromatic N) is 4. The van der Waals surface area contributed by atoms with Gasteiger partial charge in [0, 0.05) is 6.54 Å². The van der Waals surface area contributed by atoms with E-state index in [4.69, 9.17) is 0 Å². The number of nitrogens with one attached hydrogen (secondary N) is 2. The van der Waals surface area contributed by atoms with Gasteiger partial charge in [0.15, 0.2) is 5.69 Å². The highest BCUT2D eigenvalue weighted by atomic mass is 16.2. The fraction of sp³-hybridized carbons (Fsp3) is 0.824. The molecule has 1 fully saturated rings. The first-order valence-electron chi connectivity index (χ1n) is 9.37. The van der Waals surface area contributed by atoms with Crippen LogP contribution in [0.2, 0.25) is 0 Å². The number of carbonyl (C=O) groups excluding carboxylic acids is 1. The monoisotopic (exact) mass is 336 g/mol. The predicted octanol–water partition coefficient (Wildman–Crippen LogP) is 1.44. The van der Waals surface area contributed by atoms with Crippen LogP contribution in [0.4, 0.5) is 0 Å². The molecule has 1 aromatic heterocycles. The summed E-state index contributed by atoms with van der Waals surface area (Å²) in [5.41, 5.74) is 0.424. The Morgan fingerprint density at radius 1 is 1.29 bits per heavy atom. The molecular formula is C17H32N6O. The SMILES string of the molecule is CCCN(CCC)CCCNC(=O)c1cn(C2CCNCC2)nn1. The lowest BCUT2D eigenvalue weighted by atomic mass is 10.1. The van der Waals surface area contributed by atoms with Gasteiger partial charge in [-0.2, -0.15) is 0 Å². The largest absolute Gasteiger partial charge is 0.351 e. The highest BCUT2D eigenvalue weighted by Crippen LogP contribution is 2.16. The van der Waals surface area contributed by atoms with Gasteiger partial charge in [-0.25, -0.2) is 4.68 Å². The van der Waals surface area contributed by atoms with Crippen molar-refractivity contribution in [3.05, 3.63) is 11.9 Å². The van der Waals surface area contributed by atoms with Gasteiger partial charge in [-0.1, -0.05) is 19.1 Å². The Labute approximate surface area is 145 Å². The van der Waals surface area contributed by atoms with E-state index in [1.807, 2.05) is 4.68 Å². The Bertz CT molecular complexity index is 477. The van der Waals surface area contributed by atoms with Gasteiger partial charge in [0.1, 0.15) is 0 Å². The van der Waals surface area contributed by atoms with Crippen molar-refractivity contribution in [3.63, 3.8) is 0 Å². The van der Waals surface area contributed by atoms with Crippen LogP contribution >= 0.6 is 0 Å². The van der Waals surface area contributed by atoms with Crippen molar-refractivity contribution < 1.29 is 4.79 Å². The number of aromatic nitrogens is 3. The second kappa shape index (κ2) is 10.4. The van der Waals surface area contributed by atoms with Crippen molar-refractivity contribution >= 4 is 5.91 Å². The zero-order chi connectivity index (χ0) is 17.2. The maximum absolute atomic E-state index is 12.2. The summed E-state index contributed by atoms with van der Waals surface area (Å²) < 4.78 is 1.85. The Balaban J connectivity index is 1.71. The summed E-state index contributed by atoms with van der Waals surface area (Å²) in [7, 11) is 0. The summed E-state index contributed by atoms with van der Waals surface area (Å²) in [6, 6.07) is 0.358. The van der Waals surface area contributed by atoms with E-state index in [-0.39, 0.29) is 5.91 Å². The third-order valence-electron chi connectivity index (χ3n) is 4.44. The summed E-state index contributed by atoms with van der Waals surface area (Å²) in [5.74, 6) is -0.118. The molecule has 0 atom stereocenters. The molecule has 0 spiro atoms. The van der Waals surface area contributed by atoms with E-state index in [1.54, 1.807) is 6.20 Å². The molecule has 7 nitrogen and oxygen atoms in total. The van der Waals surface area contributed by atoms with Crippen LogP contribution in [0.1, 0.15) is 62.5 Å². The van der Waals surface area contributed by atoms with Gasteiger partial charge in [-0.3, -0.25) is 4.79 Å². The topological polar surface area (TPSA) is 75.1 Å². The van der Waals surface area contributed by atoms with E-state index in [2.05, 4.69) is 39.7 Å². The highest BCUT2D eigenvalue weighted by Gasteiger charge is 2.18. The first-order chi connectivity index (χ1) is 11.7. The van der Waals surface area contributed by atoms with Gasteiger partial charge >= 0.3 is 0 Å². The Morgan fingerprint density at radius 2 is 2.00 bits per heavy atom. The third-order valence-corrected chi connectivity index (χ3v) is 4.44. The van der Waals surface area contributed by atoms with Crippen molar-refractivity contribution in [2.75, 3.05) is 39.3 Å². The fourth-order valence-electron chi connectivity index (χ4n) is 3.19. The predicted molar refractivity (Wildman–Crippen MR) is 95.1 cm³/mol. The minimum absolute atomic E-state index is 0.118. The summed E-state index contributed by atoms with van der Waals surface area (Å²) in [4.78, 5) is 14.6. The minimum atomic E-state index is -0.118. The number of amides is 1. The molecule has 2 rings (SSSR count). The molecule has 1 aliphatic heterocycles. The molecule has 2 heterocycles. The first kappa shape index (κ1) is 18.9. The minimum Gasteiger partial charge on any atom is -0.351 e. The Hall–Kier alpha value is -1.47. The number of hydrogen-bond acceptors (Lipinski definition) is 5. The lowest BCUT2D eigenvalue weighted by Gasteiger charge is -2.22. The molecule has 1 saturated heterocycles. The molecule has 0 aromatic carbocycles. The zero-order valence-corrected chi connectivity index (χ0v) is 15.1. The molecule has 24 heavy (non-hydrogen) atoms. The second-order valence-corrected chi connectivity index (χ2v) is 6.52. The molecule has 1 aromatic rings. The van der Waals surface area contributed by atoms with Crippen molar-refractivity contribution in [2.45, 2.75) is 52.0 Å². The number of piperidine rings is 1. The van der Waals surface area contributed by atoms with Gasteiger partial charge in [0.2, 0.25) is 0 Å².